The molecule has 0 amide bonds. The fraction of sp³-hybridized carbons (Fsp3) is 0.0833. The average molecular weight is 381 g/mol. The third kappa shape index (κ3) is 2.88. The predicted octanol–water partition coefficient (Wildman–Crippen LogP) is 4.58. The third-order valence-electron chi connectivity index (χ3n) is 5.15. The number of nitrogens with zero attached hydrogens (tertiary/aromatic N) is 3. The van der Waals surface area contributed by atoms with Crippen LogP contribution >= 0.6 is 0 Å². The van der Waals surface area contributed by atoms with Gasteiger partial charge in [0.15, 0.2) is 0 Å². The quantitative estimate of drug-likeness (QED) is 0.488. The second kappa shape index (κ2) is 6.95. The van der Waals surface area contributed by atoms with E-state index in [4.69, 9.17) is 9.84 Å². The molecular weight excluding hydrogens is 362 g/mol. The Morgan fingerprint density at radius 1 is 0.966 bits per heavy atom. The van der Waals surface area contributed by atoms with Gasteiger partial charge < -0.3 is 9.30 Å². The van der Waals surface area contributed by atoms with Crippen LogP contribution in [0.25, 0.3) is 34.3 Å². The Morgan fingerprint density at radius 2 is 1.69 bits per heavy atom. The maximum Gasteiger partial charge on any atom is 0.335 e. The van der Waals surface area contributed by atoms with Crippen LogP contribution in [-0.2, 0) is 16.1 Å². The van der Waals surface area contributed by atoms with E-state index in [0.717, 1.165) is 33.9 Å². The largest absolute Gasteiger partial charge is 0.466 e. The summed E-state index contributed by atoms with van der Waals surface area (Å²) in [7, 11) is 1.41. The second-order valence-electron chi connectivity index (χ2n) is 6.90. The number of rotatable bonds is 3. The zero-order valence-electron chi connectivity index (χ0n) is 15.9. The van der Waals surface area contributed by atoms with E-state index in [9.17, 15) is 4.79 Å². The van der Waals surface area contributed by atoms with Gasteiger partial charge in [0.1, 0.15) is 5.69 Å². The van der Waals surface area contributed by atoms with Gasteiger partial charge in [-0.1, -0.05) is 48.5 Å². The van der Waals surface area contributed by atoms with Crippen molar-refractivity contribution in [2.75, 3.05) is 7.11 Å². The molecule has 2 aromatic carbocycles. The van der Waals surface area contributed by atoms with E-state index in [1.54, 1.807) is 0 Å². The highest BCUT2D eigenvalue weighted by Crippen LogP contribution is 2.39. The third-order valence-corrected chi connectivity index (χ3v) is 5.15. The fourth-order valence-corrected chi connectivity index (χ4v) is 3.81. The van der Waals surface area contributed by atoms with E-state index in [2.05, 4.69) is 22.8 Å². The van der Waals surface area contributed by atoms with Crippen LogP contribution in [-0.4, -0.2) is 27.4 Å². The summed E-state index contributed by atoms with van der Waals surface area (Å²) >= 11 is 0. The molecule has 0 fully saturated rings. The van der Waals surface area contributed by atoms with E-state index < -0.39 is 0 Å². The van der Waals surface area contributed by atoms with Crippen LogP contribution in [0.4, 0.5) is 0 Å². The normalized spacial score (nSPS) is 12.5. The second-order valence-corrected chi connectivity index (χ2v) is 6.90. The number of carbonyl (C=O) groups excluding carboxylic acids is 1. The maximum atomic E-state index is 12.5. The first-order chi connectivity index (χ1) is 14.3. The molecule has 5 heteroatoms. The summed E-state index contributed by atoms with van der Waals surface area (Å²) in [4.78, 5) is 12.5. The van der Waals surface area contributed by atoms with Gasteiger partial charge >= 0.3 is 5.97 Å². The Hall–Kier alpha value is -3.86. The number of hydrogen-bond donors (Lipinski definition) is 0. The van der Waals surface area contributed by atoms with Crippen molar-refractivity contribution in [3.63, 3.8) is 0 Å². The molecule has 0 N–H and O–H groups in total. The molecule has 0 saturated heterocycles. The smallest absolute Gasteiger partial charge is 0.335 e. The number of carbonyl (C=O) groups is 1. The number of para-hydroxylation sites is 1. The summed E-state index contributed by atoms with van der Waals surface area (Å²) < 4.78 is 9.01. The Morgan fingerprint density at radius 3 is 2.41 bits per heavy atom. The Kier molecular flexibility index (Phi) is 4.13. The first-order valence-electron chi connectivity index (χ1n) is 9.44. The molecule has 5 rings (SSSR count). The van der Waals surface area contributed by atoms with Crippen LogP contribution in [0, 0.1) is 0 Å². The van der Waals surface area contributed by atoms with Crippen molar-refractivity contribution >= 4 is 12.0 Å². The topological polar surface area (TPSA) is 49.0 Å². The van der Waals surface area contributed by atoms with Crippen molar-refractivity contribution in [3.05, 3.63) is 90.3 Å². The molecule has 0 unspecified atom stereocenters. The monoisotopic (exact) mass is 381 g/mol. The summed E-state index contributed by atoms with van der Waals surface area (Å²) in [6.07, 6.45) is 3.89. The van der Waals surface area contributed by atoms with Crippen LogP contribution in [0.5, 0.6) is 0 Å². The van der Waals surface area contributed by atoms with Crippen LogP contribution in [0.1, 0.15) is 5.69 Å². The maximum absolute atomic E-state index is 12.5. The van der Waals surface area contributed by atoms with Crippen LogP contribution in [0.15, 0.2) is 84.6 Å². The molecule has 1 aliphatic rings. The molecule has 142 valence electrons. The Balaban J connectivity index is 1.86. The number of benzene rings is 2. The minimum atomic E-state index is -0.334. The molecule has 0 spiro atoms. The first kappa shape index (κ1) is 17.3. The molecule has 2 aromatic heterocycles. The Bertz CT molecular complexity index is 1220. The van der Waals surface area contributed by atoms with E-state index in [1.807, 2.05) is 71.6 Å². The molecular formula is C24H19N3O2. The van der Waals surface area contributed by atoms with Gasteiger partial charge in [0.2, 0.25) is 0 Å². The summed E-state index contributed by atoms with van der Waals surface area (Å²) in [5.41, 5.74) is 6.33. The number of hydrogen-bond acceptors (Lipinski definition) is 3. The summed E-state index contributed by atoms with van der Waals surface area (Å²) in [5, 5.41) is 4.98. The zero-order chi connectivity index (χ0) is 19.8. The minimum absolute atomic E-state index is 0.334. The molecule has 0 aliphatic carbocycles. The van der Waals surface area contributed by atoms with Crippen LogP contribution < -0.4 is 0 Å². The lowest BCUT2D eigenvalue weighted by atomic mass is 10.0. The Labute approximate surface area is 168 Å². The molecule has 0 radical (unpaired) electrons. The predicted molar refractivity (Wildman–Crippen MR) is 112 cm³/mol. The zero-order valence-corrected chi connectivity index (χ0v) is 15.9. The number of fused-ring (bicyclic) bond motifs is 3. The van der Waals surface area contributed by atoms with Crippen molar-refractivity contribution in [3.8, 4) is 28.2 Å². The van der Waals surface area contributed by atoms with E-state index in [-0.39, 0.29) is 5.97 Å². The lowest BCUT2D eigenvalue weighted by molar-refractivity contribution is -0.136. The highest BCUT2D eigenvalue weighted by atomic mass is 16.5. The van der Waals surface area contributed by atoms with Crippen molar-refractivity contribution in [1.82, 2.24) is 14.3 Å². The number of esters is 1. The molecule has 29 heavy (non-hydrogen) atoms. The SMILES string of the molecule is COC(=O)C1=Cc2c(c(-c3ccccc3)nn2-c2ccccc2)-c2cccn2C1. The van der Waals surface area contributed by atoms with E-state index >= 15 is 0 Å². The van der Waals surface area contributed by atoms with Crippen molar-refractivity contribution in [1.29, 1.82) is 0 Å². The summed E-state index contributed by atoms with van der Waals surface area (Å²) in [6.45, 7) is 0.451. The average Bonchev–Trinajstić information content (AvgIpc) is 3.34. The fourth-order valence-electron chi connectivity index (χ4n) is 3.81. The molecule has 1 aliphatic heterocycles. The van der Waals surface area contributed by atoms with Gasteiger partial charge in [-0.3, -0.25) is 0 Å². The van der Waals surface area contributed by atoms with Crippen molar-refractivity contribution in [2.45, 2.75) is 6.54 Å². The van der Waals surface area contributed by atoms with E-state index in [1.165, 1.54) is 7.11 Å². The van der Waals surface area contributed by atoms with Crippen molar-refractivity contribution < 1.29 is 9.53 Å². The minimum Gasteiger partial charge on any atom is -0.466 e. The van der Waals surface area contributed by atoms with Gasteiger partial charge in [-0.15, -0.1) is 0 Å². The summed E-state index contributed by atoms with van der Waals surface area (Å²) in [5.74, 6) is -0.334. The lowest BCUT2D eigenvalue weighted by Gasteiger charge is -2.08. The van der Waals surface area contributed by atoms with Gasteiger partial charge in [-0.25, -0.2) is 9.48 Å². The highest BCUT2D eigenvalue weighted by Gasteiger charge is 2.27. The van der Waals surface area contributed by atoms with Gasteiger partial charge in [0.05, 0.1) is 41.9 Å². The van der Waals surface area contributed by atoms with Crippen LogP contribution in [0.2, 0.25) is 0 Å². The first-order valence-corrected chi connectivity index (χ1v) is 9.44. The lowest BCUT2D eigenvalue weighted by Crippen LogP contribution is -2.11. The summed E-state index contributed by atoms with van der Waals surface area (Å²) in [6, 6.07) is 24.1. The number of aromatic nitrogens is 3. The highest BCUT2D eigenvalue weighted by molar-refractivity contribution is 5.97. The number of methoxy groups -OCH3 is 1. The standard InChI is InChI=1S/C24H19N3O2/c1-29-24(28)18-15-21-22(20-13-8-14-26(20)16-18)23(17-9-4-2-5-10-17)25-27(21)19-11-6-3-7-12-19/h2-15H,16H2,1H3. The molecule has 0 bridgehead atoms. The van der Waals surface area contributed by atoms with Gasteiger partial charge in [-0.2, -0.15) is 5.10 Å². The van der Waals surface area contributed by atoms with Crippen LogP contribution in [0.3, 0.4) is 0 Å². The number of ether oxygens (including phenoxy) is 1. The molecule has 3 heterocycles. The molecule has 0 saturated carbocycles. The van der Waals surface area contributed by atoms with E-state index in [0.29, 0.717) is 12.1 Å². The van der Waals surface area contributed by atoms with Gasteiger partial charge in [-0.05, 0) is 30.3 Å². The van der Waals surface area contributed by atoms with Gasteiger partial charge in [0.25, 0.3) is 0 Å². The molecule has 4 aromatic rings. The van der Waals surface area contributed by atoms with Crippen molar-refractivity contribution in [2.24, 2.45) is 0 Å². The van der Waals surface area contributed by atoms with Gasteiger partial charge in [0, 0.05) is 11.8 Å². The molecule has 5 nitrogen and oxygen atoms in total. The molecule has 0 atom stereocenters.